The number of ether oxygens (including phenoxy) is 5. The highest BCUT2D eigenvalue weighted by molar-refractivity contribution is 6.37. The number of carbonyl (C=O) groups excluding carboxylic acids is 1. The van der Waals surface area contributed by atoms with E-state index in [2.05, 4.69) is 5.16 Å². The summed E-state index contributed by atoms with van der Waals surface area (Å²) in [7, 11) is 0. The quantitative estimate of drug-likeness (QED) is 0.273. The maximum Gasteiger partial charge on any atom is 0.356 e. The summed E-state index contributed by atoms with van der Waals surface area (Å²) in [6.07, 6.45) is -1.15. The van der Waals surface area contributed by atoms with Gasteiger partial charge in [-0.15, -0.1) is 0 Å². The molecule has 1 spiro atoms. The van der Waals surface area contributed by atoms with Crippen LogP contribution in [-0.4, -0.2) is 49.0 Å². The molecule has 2 aliphatic rings. The van der Waals surface area contributed by atoms with Crippen LogP contribution >= 0.6 is 0 Å². The van der Waals surface area contributed by atoms with Crippen molar-refractivity contribution in [2.24, 2.45) is 11.1 Å². The summed E-state index contributed by atoms with van der Waals surface area (Å²) in [4.78, 5) is 18.6. The van der Waals surface area contributed by atoms with Gasteiger partial charge >= 0.3 is 5.97 Å². The highest BCUT2D eigenvalue weighted by Gasteiger charge is 2.58. The lowest BCUT2D eigenvalue weighted by Gasteiger charge is -2.46. The van der Waals surface area contributed by atoms with Crippen LogP contribution in [0.2, 0.25) is 0 Å². The normalized spacial score (nSPS) is 25.5. The lowest BCUT2D eigenvalue weighted by Crippen LogP contribution is -2.60. The van der Waals surface area contributed by atoms with Crippen LogP contribution in [-0.2, 0) is 53.1 Å². The molecule has 5 atom stereocenters. The predicted octanol–water partition coefficient (Wildman–Crippen LogP) is 5.44. The third-order valence-corrected chi connectivity index (χ3v) is 7.41. The Morgan fingerprint density at radius 2 is 1.41 bits per heavy atom. The molecule has 0 saturated carbocycles. The molecule has 0 bridgehead atoms. The average molecular weight is 560 g/mol. The molecule has 0 unspecified atom stereocenters. The van der Waals surface area contributed by atoms with Crippen LogP contribution in [0.3, 0.4) is 0 Å². The van der Waals surface area contributed by atoms with E-state index in [0.29, 0.717) is 26.2 Å². The van der Waals surface area contributed by atoms with Crippen LogP contribution in [0, 0.1) is 5.92 Å². The number of hydrogen-bond acceptors (Lipinski definition) is 8. The van der Waals surface area contributed by atoms with E-state index in [0.717, 1.165) is 16.7 Å². The Kier molecular flexibility index (Phi) is 9.80. The van der Waals surface area contributed by atoms with Crippen LogP contribution in [0.25, 0.3) is 0 Å². The summed E-state index contributed by atoms with van der Waals surface area (Å²) in [5.74, 6) is -2.23. The smallest absolute Gasteiger partial charge is 0.356 e. The molecule has 1 fully saturated rings. The van der Waals surface area contributed by atoms with Gasteiger partial charge in [-0.3, -0.25) is 0 Å². The number of oxime groups is 1. The third-order valence-electron chi connectivity index (χ3n) is 7.41. The summed E-state index contributed by atoms with van der Waals surface area (Å²) in [6.45, 7) is 5.26. The van der Waals surface area contributed by atoms with E-state index in [9.17, 15) is 4.79 Å². The zero-order valence-corrected chi connectivity index (χ0v) is 23.5. The van der Waals surface area contributed by atoms with E-state index in [1.807, 2.05) is 97.9 Å². The van der Waals surface area contributed by atoms with E-state index < -0.39 is 36.0 Å². The first-order chi connectivity index (χ1) is 20.1. The first kappa shape index (κ1) is 29.0. The molecule has 1 saturated heterocycles. The first-order valence-electron chi connectivity index (χ1n) is 14.1. The lowest BCUT2D eigenvalue weighted by molar-refractivity contribution is -0.338. The molecule has 0 aliphatic carbocycles. The van der Waals surface area contributed by atoms with Crippen LogP contribution in [0.4, 0.5) is 0 Å². The van der Waals surface area contributed by atoms with Gasteiger partial charge in [-0.25, -0.2) is 4.79 Å². The highest BCUT2D eigenvalue weighted by atomic mass is 16.8. The number of carbonyl (C=O) groups is 1. The van der Waals surface area contributed by atoms with Crippen molar-refractivity contribution in [3.63, 3.8) is 0 Å². The van der Waals surface area contributed by atoms with Gasteiger partial charge in [0, 0.05) is 6.42 Å². The van der Waals surface area contributed by atoms with E-state index >= 15 is 0 Å². The van der Waals surface area contributed by atoms with E-state index in [4.69, 9.17) is 28.5 Å². The minimum Gasteiger partial charge on any atom is -0.461 e. The number of hydrogen-bond donors (Lipinski definition) is 0. The minimum atomic E-state index is -1.23. The van der Waals surface area contributed by atoms with Gasteiger partial charge in [0.15, 0.2) is 5.71 Å². The largest absolute Gasteiger partial charge is 0.461 e. The molecule has 3 aromatic rings. The van der Waals surface area contributed by atoms with Gasteiger partial charge in [0.25, 0.3) is 0 Å². The van der Waals surface area contributed by atoms with Crippen molar-refractivity contribution in [2.75, 3.05) is 13.2 Å². The molecule has 41 heavy (non-hydrogen) atoms. The topological polar surface area (TPSA) is 84.8 Å². The summed E-state index contributed by atoms with van der Waals surface area (Å²) in [5, 5.41) is 4.13. The monoisotopic (exact) mass is 559 g/mol. The summed E-state index contributed by atoms with van der Waals surface area (Å²) >= 11 is 0. The second kappa shape index (κ2) is 13.9. The van der Waals surface area contributed by atoms with Crippen molar-refractivity contribution in [1.29, 1.82) is 0 Å². The molecular formula is C33H37NO7. The second-order valence-corrected chi connectivity index (χ2v) is 10.3. The Balaban J connectivity index is 1.39. The van der Waals surface area contributed by atoms with Gasteiger partial charge in [0.1, 0.15) is 12.2 Å². The molecule has 8 nitrogen and oxygen atoms in total. The molecule has 5 rings (SSSR count). The lowest BCUT2D eigenvalue weighted by atomic mass is 9.85. The Morgan fingerprint density at radius 1 is 0.854 bits per heavy atom. The minimum absolute atomic E-state index is 0.196. The van der Waals surface area contributed by atoms with Crippen molar-refractivity contribution >= 4 is 11.7 Å². The fourth-order valence-electron chi connectivity index (χ4n) is 5.17. The molecule has 8 heteroatoms. The Labute approximate surface area is 241 Å². The molecule has 2 aliphatic heterocycles. The fourth-order valence-corrected chi connectivity index (χ4v) is 5.17. The van der Waals surface area contributed by atoms with Crippen molar-refractivity contribution < 1.29 is 33.3 Å². The maximum atomic E-state index is 12.6. The number of benzene rings is 3. The van der Waals surface area contributed by atoms with E-state index in [1.165, 1.54) is 0 Å². The predicted molar refractivity (Wildman–Crippen MR) is 153 cm³/mol. The van der Waals surface area contributed by atoms with E-state index in [-0.39, 0.29) is 18.9 Å². The zero-order chi connectivity index (χ0) is 28.5. The van der Waals surface area contributed by atoms with Gasteiger partial charge in [-0.05, 0) is 23.6 Å². The SMILES string of the molecule is CCOC(=O)C1=NO[C@@]2(C[C@@H](OCc3ccccc3)[C@@H](OCc3ccccc3)[C@@H](COCc3ccccc3)O2)[C@@H]1C. The molecule has 0 aromatic heterocycles. The van der Waals surface area contributed by atoms with Crippen LogP contribution < -0.4 is 0 Å². The molecular weight excluding hydrogens is 522 g/mol. The molecule has 0 amide bonds. The summed E-state index contributed by atoms with van der Waals surface area (Å²) in [5.41, 5.74) is 3.32. The Morgan fingerprint density at radius 3 is 2.00 bits per heavy atom. The van der Waals surface area contributed by atoms with E-state index in [1.54, 1.807) is 6.92 Å². The van der Waals surface area contributed by atoms with Gasteiger partial charge in [-0.1, -0.05) is 103 Å². The second-order valence-electron chi connectivity index (χ2n) is 10.3. The molecule has 2 heterocycles. The molecule has 3 aromatic carbocycles. The van der Waals surface area contributed by atoms with Crippen molar-refractivity contribution in [3.8, 4) is 0 Å². The highest BCUT2D eigenvalue weighted by Crippen LogP contribution is 2.43. The zero-order valence-electron chi connectivity index (χ0n) is 23.5. The van der Waals surface area contributed by atoms with Gasteiger partial charge in [0.2, 0.25) is 5.79 Å². The van der Waals surface area contributed by atoms with Crippen LogP contribution in [0.5, 0.6) is 0 Å². The van der Waals surface area contributed by atoms with Crippen molar-refractivity contribution in [3.05, 3.63) is 108 Å². The fraction of sp³-hybridized carbons (Fsp3) is 0.394. The van der Waals surface area contributed by atoms with Crippen molar-refractivity contribution in [1.82, 2.24) is 0 Å². The first-order valence-corrected chi connectivity index (χ1v) is 14.1. The van der Waals surface area contributed by atoms with Crippen LogP contribution in [0.1, 0.15) is 37.0 Å². The van der Waals surface area contributed by atoms with Crippen LogP contribution in [0.15, 0.2) is 96.2 Å². The average Bonchev–Trinajstić information content (AvgIpc) is 3.31. The molecule has 0 N–H and O–H groups in total. The third kappa shape index (κ3) is 7.21. The number of esters is 1. The number of rotatable bonds is 12. The maximum absolute atomic E-state index is 12.6. The van der Waals surface area contributed by atoms with Gasteiger partial charge in [-0.2, -0.15) is 0 Å². The Bertz CT molecular complexity index is 1270. The summed E-state index contributed by atoms with van der Waals surface area (Å²) < 4.78 is 31.1. The molecule has 216 valence electrons. The summed E-state index contributed by atoms with van der Waals surface area (Å²) in [6, 6.07) is 29.9. The van der Waals surface area contributed by atoms with Gasteiger partial charge < -0.3 is 28.5 Å². The standard InChI is InChI=1S/C33H37NO7/c1-3-37-32(35)30-24(2)33(41-34-30)19-28(38-21-26-15-9-5-10-16-26)31(39-22-27-17-11-6-12-18-27)29(40-33)23-36-20-25-13-7-4-8-14-25/h4-18,24,28-29,31H,3,19-23H2,1-2H3/t24-,28-,29-,31-,33+/m1/s1. The number of nitrogens with zero attached hydrogens (tertiary/aromatic N) is 1. The Hall–Kier alpha value is -3.56. The van der Waals surface area contributed by atoms with Crippen molar-refractivity contribution in [2.45, 2.75) is 64.2 Å². The molecule has 0 radical (unpaired) electrons. The van der Waals surface area contributed by atoms with Gasteiger partial charge in [0.05, 0.1) is 45.1 Å².